The molecule has 1 atom stereocenters. The molecule has 3 aromatic carbocycles. The lowest BCUT2D eigenvalue weighted by atomic mass is 9.96. The van der Waals surface area contributed by atoms with Crippen molar-refractivity contribution in [2.75, 3.05) is 39.0 Å². The Morgan fingerprint density at radius 1 is 0.870 bits per heavy atom. The lowest BCUT2D eigenvalue weighted by Gasteiger charge is -2.40. The number of thioether (sulfide) groups is 1. The lowest BCUT2D eigenvalue weighted by molar-refractivity contribution is -0.134. The van der Waals surface area contributed by atoms with Gasteiger partial charge in [0.1, 0.15) is 16.8 Å². The van der Waals surface area contributed by atoms with Crippen molar-refractivity contribution in [2.45, 2.75) is 17.1 Å². The standard InChI is InChI=1S/C36H35N5O4S/c1-45-36(44)28-16-10-18-37-34(28)46-24-31(39-33(42)30-23-27-15-8-9-17-29(27)38-30)35(43)41-21-19-40(20-22-41)32(25-11-4-2-5-12-25)26-13-6-3-7-14-26/h2-18,23,31-32,38H,19-22,24H2,1H3,(H,39,42)/t31-/m0/s1. The zero-order chi connectivity index (χ0) is 31.9. The Hall–Kier alpha value is -4.93. The number of fused-ring (bicyclic) bond motifs is 1. The SMILES string of the molecule is COC(=O)c1cccnc1SC[C@H](NC(=O)c1cc2ccccc2[nH]1)C(=O)N1CCN(C(c2ccccc2)c2ccccc2)CC1. The molecule has 0 aliphatic carbocycles. The van der Waals surface area contributed by atoms with E-state index in [0.717, 1.165) is 10.9 Å². The van der Waals surface area contributed by atoms with E-state index < -0.39 is 12.0 Å². The molecule has 2 aromatic heterocycles. The average Bonchev–Trinajstić information content (AvgIpc) is 3.56. The van der Waals surface area contributed by atoms with Gasteiger partial charge in [-0.25, -0.2) is 9.78 Å². The molecular weight excluding hydrogens is 598 g/mol. The Bertz CT molecular complexity index is 1730. The molecular formula is C36H35N5O4S. The summed E-state index contributed by atoms with van der Waals surface area (Å²) in [7, 11) is 1.32. The zero-order valence-corrected chi connectivity index (χ0v) is 26.3. The third kappa shape index (κ3) is 6.98. The minimum atomic E-state index is -0.859. The van der Waals surface area contributed by atoms with E-state index in [0.29, 0.717) is 42.5 Å². The summed E-state index contributed by atoms with van der Waals surface area (Å²) in [5.74, 6) is -0.884. The fraction of sp³-hybridized carbons (Fsp3) is 0.222. The van der Waals surface area contributed by atoms with Gasteiger partial charge in [-0.2, -0.15) is 0 Å². The topological polar surface area (TPSA) is 108 Å². The first-order valence-corrected chi connectivity index (χ1v) is 16.2. The van der Waals surface area contributed by atoms with E-state index in [2.05, 4.69) is 68.7 Å². The summed E-state index contributed by atoms with van der Waals surface area (Å²) in [6, 6.07) is 32.7. The number of pyridine rings is 1. The highest BCUT2D eigenvalue weighted by atomic mass is 32.2. The zero-order valence-electron chi connectivity index (χ0n) is 25.5. The number of hydrogen-bond acceptors (Lipinski definition) is 7. The number of aromatic amines is 1. The number of aromatic nitrogens is 2. The first-order chi connectivity index (χ1) is 22.5. The van der Waals surface area contributed by atoms with Crippen LogP contribution in [0, 0.1) is 0 Å². The molecule has 3 heterocycles. The van der Waals surface area contributed by atoms with Crippen molar-refractivity contribution in [1.29, 1.82) is 0 Å². The molecule has 5 aromatic rings. The second kappa shape index (κ2) is 14.4. The summed E-state index contributed by atoms with van der Waals surface area (Å²) < 4.78 is 4.92. The number of rotatable bonds is 10. The van der Waals surface area contributed by atoms with Crippen molar-refractivity contribution in [3.05, 3.63) is 132 Å². The van der Waals surface area contributed by atoms with E-state index >= 15 is 0 Å². The van der Waals surface area contributed by atoms with E-state index in [1.807, 2.05) is 41.3 Å². The maximum atomic E-state index is 14.1. The number of H-pyrrole nitrogens is 1. The summed E-state index contributed by atoms with van der Waals surface area (Å²) in [5, 5.41) is 4.31. The Balaban J connectivity index is 1.20. The number of ether oxygens (including phenoxy) is 1. The number of carbonyl (C=O) groups excluding carboxylic acids is 3. The third-order valence-electron chi connectivity index (χ3n) is 8.16. The van der Waals surface area contributed by atoms with Gasteiger partial charge in [0.25, 0.3) is 5.91 Å². The van der Waals surface area contributed by atoms with Gasteiger partial charge >= 0.3 is 5.97 Å². The number of para-hydroxylation sites is 1. The molecule has 2 N–H and O–H groups in total. The molecule has 46 heavy (non-hydrogen) atoms. The predicted octanol–water partition coefficient (Wildman–Crippen LogP) is 5.17. The quantitative estimate of drug-likeness (QED) is 0.161. The number of nitrogens with one attached hydrogen (secondary N) is 2. The number of carbonyl (C=O) groups is 3. The number of methoxy groups -OCH3 is 1. The molecule has 1 fully saturated rings. The van der Waals surface area contributed by atoms with Gasteiger partial charge in [0.15, 0.2) is 0 Å². The second-order valence-corrected chi connectivity index (χ2v) is 12.0. The fourth-order valence-electron chi connectivity index (χ4n) is 5.85. The summed E-state index contributed by atoms with van der Waals surface area (Å²) in [5.41, 5.74) is 3.92. The van der Waals surface area contributed by atoms with Crippen molar-refractivity contribution in [2.24, 2.45) is 0 Å². The van der Waals surface area contributed by atoms with Crippen LogP contribution in [0.4, 0.5) is 0 Å². The maximum Gasteiger partial charge on any atom is 0.340 e. The maximum absolute atomic E-state index is 14.1. The van der Waals surface area contributed by atoms with Gasteiger partial charge in [0.2, 0.25) is 5.91 Å². The Morgan fingerprint density at radius 3 is 2.17 bits per heavy atom. The molecule has 1 aliphatic rings. The molecule has 0 unspecified atom stereocenters. The highest BCUT2D eigenvalue weighted by Crippen LogP contribution is 2.30. The molecule has 0 bridgehead atoms. The number of benzene rings is 3. The average molecular weight is 634 g/mol. The van der Waals surface area contributed by atoms with Gasteiger partial charge in [-0.15, -0.1) is 11.8 Å². The fourth-order valence-corrected chi connectivity index (χ4v) is 6.84. The van der Waals surface area contributed by atoms with Crippen molar-refractivity contribution >= 4 is 40.4 Å². The number of nitrogens with zero attached hydrogens (tertiary/aromatic N) is 3. The molecule has 10 heteroatoms. The number of piperazine rings is 1. The molecule has 0 spiro atoms. The van der Waals surface area contributed by atoms with Crippen LogP contribution in [0.15, 0.2) is 114 Å². The Morgan fingerprint density at radius 2 is 1.52 bits per heavy atom. The lowest BCUT2D eigenvalue weighted by Crippen LogP contribution is -2.56. The van der Waals surface area contributed by atoms with Crippen molar-refractivity contribution in [3.8, 4) is 0 Å². The Kier molecular flexibility index (Phi) is 9.76. The van der Waals surface area contributed by atoms with Gasteiger partial charge < -0.3 is 19.9 Å². The molecule has 2 amide bonds. The van der Waals surface area contributed by atoms with Gasteiger partial charge in [-0.3, -0.25) is 14.5 Å². The predicted molar refractivity (Wildman–Crippen MR) is 179 cm³/mol. The molecule has 6 rings (SSSR count). The van der Waals surface area contributed by atoms with Crippen LogP contribution in [0.5, 0.6) is 0 Å². The smallest absolute Gasteiger partial charge is 0.340 e. The van der Waals surface area contributed by atoms with Crippen LogP contribution in [0.1, 0.15) is 38.0 Å². The first-order valence-electron chi connectivity index (χ1n) is 15.2. The van der Waals surface area contributed by atoms with E-state index in [-0.39, 0.29) is 23.6 Å². The van der Waals surface area contributed by atoms with Crippen LogP contribution in [0.25, 0.3) is 10.9 Å². The molecule has 234 valence electrons. The van der Waals surface area contributed by atoms with Gasteiger partial charge in [0.05, 0.1) is 18.7 Å². The van der Waals surface area contributed by atoms with Crippen molar-refractivity contribution < 1.29 is 19.1 Å². The molecule has 0 saturated carbocycles. The van der Waals surface area contributed by atoms with Crippen molar-refractivity contribution in [3.63, 3.8) is 0 Å². The second-order valence-electron chi connectivity index (χ2n) is 11.0. The summed E-state index contributed by atoms with van der Waals surface area (Å²) in [6.07, 6.45) is 1.59. The van der Waals surface area contributed by atoms with Crippen LogP contribution in [-0.2, 0) is 9.53 Å². The number of hydrogen-bond donors (Lipinski definition) is 2. The van der Waals surface area contributed by atoms with E-state index in [1.54, 1.807) is 24.4 Å². The number of amides is 2. The van der Waals surface area contributed by atoms with E-state index in [9.17, 15) is 14.4 Å². The van der Waals surface area contributed by atoms with Gasteiger partial charge in [0, 0.05) is 49.0 Å². The van der Waals surface area contributed by atoms with Crippen molar-refractivity contribution in [1.82, 2.24) is 25.1 Å². The van der Waals surface area contributed by atoms with Crippen LogP contribution >= 0.6 is 11.8 Å². The third-order valence-corrected chi connectivity index (χ3v) is 9.26. The van der Waals surface area contributed by atoms with E-state index in [4.69, 9.17) is 4.74 Å². The number of esters is 1. The summed E-state index contributed by atoms with van der Waals surface area (Å²) in [6.45, 7) is 2.36. The Labute approximate surface area is 272 Å². The van der Waals surface area contributed by atoms with E-state index in [1.165, 1.54) is 30.0 Å². The highest BCUT2D eigenvalue weighted by Gasteiger charge is 2.32. The minimum Gasteiger partial charge on any atom is -0.465 e. The monoisotopic (exact) mass is 633 g/mol. The normalized spacial score (nSPS) is 14.3. The van der Waals surface area contributed by atoms with Crippen LogP contribution < -0.4 is 5.32 Å². The molecule has 1 aliphatic heterocycles. The summed E-state index contributed by atoms with van der Waals surface area (Å²) >= 11 is 1.24. The first kappa shape index (κ1) is 31.1. The van der Waals surface area contributed by atoms with Crippen LogP contribution in [0.3, 0.4) is 0 Å². The largest absolute Gasteiger partial charge is 0.465 e. The van der Waals surface area contributed by atoms with Crippen LogP contribution in [-0.4, -0.2) is 82.6 Å². The summed E-state index contributed by atoms with van der Waals surface area (Å²) in [4.78, 5) is 51.7. The van der Waals surface area contributed by atoms with Gasteiger partial charge in [-0.05, 0) is 35.4 Å². The molecule has 0 radical (unpaired) electrons. The van der Waals surface area contributed by atoms with Gasteiger partial charge in [-0.1, -0.05) is 78.9 Å². The molecule has 1 saturated heterocycles. The minimum absolute atomic E-state index is 0.0635. The molecule has 9 nitrogen and oxygen atoms in total. The highest BCUT2D eigenvalue weighted by molar-refractivity contribution is 7.99. The van der Waals surface area contributed by atoms with Crippen LogP contribution in [0.2, 0.25) is 0 Å².